The van der Waals surface area contributed by atoms with Crippen molar-refractivity contribution < 1.29 is 9.84 Å². The molecule has 1 N–H and O–H groups in total. The third-order valence-corrected chi connectivity index (χ3v) is 4.65. The van der Waals surface area contributed by atoms with Crippen LogP contribution in [0.3, 0.4) is 0 Å². The lowest BCUT2D eigenvalue weighted by Crippen LogP contribution is -2.40. The predicted octanol–water partition coefficient (Wildman–Crippen LogP) is 3.17. The third kappa shape index (κ3) is 3.53. The number of aromatic hydroxyl groups is 1. The standard InChI is InChI=1S/C17H27NO2/c1-3-17(15-7-6-8-16(19)13-15)9-4-5-10-18(14-17)11-12-20-2/h6-8,13,19H,3-5,9-12,14H2,1-2H3. The number of benzene rings is 1. The molecule has 0 amide bonds. The van der Waals surface area contributed by atoms with Crippen LogP contribution in [-0.2, 0) is 10.2 Å². The Morgan fingerprint density at radius 2 is 2.20 bits per heavy atom. The van der Waals surface area contributed by atoms with Crippen molar-refractivity contribution in [3.05, 3.63) is 29.8 Å². The number of methoxy groups -OCH3 is 1. The van der Waals surface area contributed by atoms with Gasteiger partial charge >= 0.3 is 0 Å². The molecule has 0 aliphatic carbocycles. The zero-order chi connectivity index (χ0) is 14.4. The maximum absolute atomic E-state index is 9.80. The van der Waals surface area contributed by atoms with Crippen molar-refractivity contribution >= 4 is 0 Å². The van der Waals surface area contributed by atoms with Gasteiger partial charge in [0.25, 0.3) is 0 Å². The van der Waals surface area contributed by atoms with Gasteiger partial charge in [-0.15, -0.1) is 0 Å². The molecule has 3 nitrogen and oxygen atoms in total. The first-order chi connectivity index (χ1) is 9.70. The Bertz CT molecular complexity index is 421. The SMILES string of the molecule is CCC1(c2cccc(O)c2)CCCCN(CCOC)C1. The molecule has 112 valence electrons. The molecule has 1 aromatic rings. The van der Waals surface area contributed by atoms with Gasteiger partial charge in [-0.3, -0.25) is 0 Å². The van der Waals surface area contributed by atoms with E-state index in [1.165, 1.54) is 24.8 Å². The highest BCUT2D eigenvalue weighted by atomic mass is 16.5. The zero-order valence-electron chi connectivity index (χ0n) is 12.8. The number of likely N-dealkylation sites (tertiary alicyclic amines) is 1. The molecule has 20 heavy (non-hydrogen) atoms. The second kappa shape index (κ2) is 7.09. The number of ether oxygens (including phenoxy) is 1. The highest BCUT2D eigenvalue weighted by Gasteiger charge is 2.34. The van der Waals surface area contributed by atoms with Gasteiger partial charge in [-0.2, -0.15) is 0 Å². The average Bonchev–Trinajstić information content (AvgIpc) is 2.68. The van der Waals surface area contributed by atoms with E-state index in [0.29, 0.717) is 5.75 Å². The molecule has 1 heterocycles. The van der Waals surface area contributed by atoms with Crippen molar-refractivity contribution in [2.45, 2.75) is 38.0 Å². The van der Waals surface area contributed by atoms with Crippen LogP contribution in [0.2, 0.25) is 0 Å². The van der Waals surface area contributed by atoms with Crippen LogP contribution in [-0.4, -0.2) is 43.4 Å². The molecule has 1 aromatic carbocycles. The van der Waals surface area contributed by atoms with Gasteiger partial charge in [0.15, 0.2) is 0 Å². The summed E-state index contributed by atoms with van der Waals surface area (Å²) in [6, 6.07) is 7.84. The third-order valence-electron chi connectivity index (χ3n) is 4.65. The number of rotatable bonds is 5. The van der Waals surface area contributed by atoms with Gasteiger partial charge in [0.1, 0.15) is 5.75 Å². The lowest BCUT2D eigenvalue weighted by molar-refractivity contribution is 0.134. The number of phenolic OH excluding ortho intramolecular Hbond substituents is 1. The lowest BCUT2D eigenvalue weighted by Gasteiger charge is -2.36. The van der Waals surface area contributed by atoms with E-state index in [-0.39, 0.29) is 5.41 Å². The second-order valence-corrected chi connectivity index (χ2v) is 5.91. The lowest BCUT2D eigenvalue weighted by atomic mass is 9.74. The average molecular weight is 277 g/mol. The number of hydrogen-bond acceptors (Lipinski definition) is 3. The molecule has 1 fully saturated rings. The van der Waals surface area contributed by atoms with E-state index in [4.69, 9.17) is 4.74 Å². The number of nitrogens with zero attached hydrogens (tertiary/aromatic N) is 1. The molecule has 3 heteroatoms. The molecular formula is C17H27NO2. The van der Waals surface area contributed by atoms with Gasteiger partial charge in [0.2, 0.25) is 0 Å². The van der Waals surface area contributed by atoms with Gasteiger partial charge < -0.3 is 14.7 Å². The predicted molar refractivity (Wildman–Crippen MR) is 82.2 cm³/mol. The highest BCUT2D eigenvalue weighted by molar-refractivity contribution is 5.33. The van der Waals surface area contributed by atoms with Crippen molar-refractivity contribution in [3.63, 3.8) is 0 Å². The Balaban J connectivity index is 2.22. The normalized spacial score (nSPS) is 24.5. The maximum Gasteiger partial charge on any atom is 0.115 e. The van der Waals surface area contributed by atoms with Crippen molar-refractivity contribution in [2.75, 3.05) is 33.4 Å². The Morgan fingerprint density at radius 3 is 2.90 bits per heavy atom. The van der Waals surface area contributed by atoms with Crippen LogP contribution >= 0.6 is 0 Å². The van der Waals surface area contributed by atoms with Gasteiger partial charge in [0.05, 0.1) is 6.61 Å². The topological polar surface area (TPSA) is 32.7 Å². The van der Waals surface area contributed by atoms with Crippen molar-refractivity contribution in [2.24, 2.45) is 0 Å². The largest absolute Gasteiger partial charge is 0.508 e. The molecular weight excluding hydrogens is 250 g/mol. The van der Waals surface area contributed by atoms with E-state index in [1.807, 2.05) is 12.1 Å². The summed E-state index contributed by atoms with van der Waals surface area (Å²) in [6.07, 6.45) is 4.83. The van der Waals surface area contributed by atoms with E-state index in [0.717, 1.165) is 32.7 Å². The molecule has 0 saturated carbocycles. The molecule has 1 saturated heterocycles. The molecule has 1 aliphatic rings. The minimum Gasteiger partial charge on any atom is -0.508 e. The summed E-state index contributed by atoms with van der Waals surface area (Å²) in [4.78, 5) is 2.52. The van der Waals surface area contributed by atoms with Crippen LogP contribution in [0.4, 0.5) is 0 Å². The minimum absolute atomic E-state index is 0.170. The van der Waals surface area contributed by atoms with Crippen molar-refractivity contribution in [3.8, 4) is 5.75 Å². The number of phenols is 1. The van der Waals surface area contributed by atoms with Gasteiger partial charge in [0, 0.05) is 25.6 Å². The summed E-state index contributed by atoms with van der Waals surface area (Å²) < 4.78 is 5.23. The van der Waals surface area contributed by atoms with Crippen LogP contribution < -0.4 is 0 Å². The summed E-state index contributed by atoms with van der Waals surface area (Å²) in [5.41, 5.74) is 1.45. The minimum atomic E-state index is 0.170. The molecule has 1 atom stereocenters. The smallest absolute Gasteiger partial charge is 0.115 e. The fraction of sp³-hybridized carbons (Fsp3) is 0.647. The van der Waals surface area contributed by atoms with Crippen LogP contribution in [0, 0.1) is 0 Å². The van der Waals surface area contributed by atoms with E-state index in [2.05, 4.69) is 17.9 Å². The molecule has 0 aromatic heterocycles. The summed E-state index contributed by atoms with van der Waals surface area (Å²) in [5.74, 6) is 0.378. The Kier molecular flexibility index (Phi) is 5.44. The maximum atomic E-state index is 9.80. The fourth-order valence-corrected chi connectivity index (χ4v) is 3.36. The Morgan fingerprint density at radius 1 is 1.35 bits per heavy atom. The van der Waals surface area contributed by atoms with E-state index >= 15 is 0 Å². The van der Waals surface area contributed by atoms with Crippen LogP contribution in [0.5, 0.6) is 5.75 Å². The Hall–Kier alpha value is -1.06. The molecule has 0 bridgehead atoms. The molecule has 0 radical (unpaired) electrons. The molecule has 2 rings (SSSR count). The second-order valence-electron chi connectivity index (χ2n) is 5.91. The molecule has 1 aliphatic heterocycles. The van der Waals surface area contributed by atoms with E-state index in [1.54, 1.807) is 13.2 Å². The summed E-state index contributed by atoms with van der Waals surface area (Å²) in [6.45, 7) is 6.28. The summed E-state index contributed by atoms with van der Waals surface area (Å²) >= 11 is 0. The first-order valence-electron chi connectivity index (χ1n) is 7.71. The first-order valence-corrected chi connectivity index (χ1v) is 7.71. The van der Waals surface area contributed by atoms with E-state index < -0.39 is 0 Å². The van der Waals surface area contributed by atoms with Gasteiger partial charge in [-0.1, -0.05) is 25.5 Å². The summed E-state index contributed by atoms with van der Waals surface area (Å²) in [7, 11) is 1.76. The monoisotopic (exact) mass is 277 g/mol. The van der Waals surface area contributed by atoms with E-state index in [9.17, 15) is 5.11 Å². The highest BCUT2D eigenvalue weighted by Crippen LogP contribution is 2.37. The van der Waals surface area contributed by atoms with Gasteiger partial charge in [-0.05, 0) is 43.5 Å². The first kappa shape index (κ1) is 15.3. The van der Waals surface area contributed by atoms with Crippen LogP contribution in [0.1, 0.15) is 38.2 Å². The van der Waals surface area contributed by atoms with Crippen molar-refractivity contribution in [1.82, 2.24) is 4.90 Å². The zero-order valence-corrected chi connectivity index (χ0v) is 12.8. The summed E-state index contributed by atoms with van der Waals surface area (Å²) in [5, 5.41) is 9.80. The van der Waals surface area contributed by atoms with Crippen LogP contribution in [0.25, 0.3) is 0 Å². The molecule has 1 unspecified atom stereocenters. The Labute approximate surface area is 122 Å². The van der Waals surface area contributed by atoms with Crippen LogP contribution in [0.15, 0.2) is 24.3 Å². The quantitative estimate of drug-likeness (QED) is 0.897. The van der Waals surface area contributed by atoms with Crippen molar-refractivity contribution in [1.29, 1.82) is 0 Å². The van der Waals surface area contributed by atoms with Gasteiger partial charge in [-0.25, -0.2) is 0 Å². The number of hydrogen-bond donors (Lipinski definition) is 1. The molecule has 0 spiro atoms. The fourth-order valence-electron chi connectivity index (χ4n) is 3.36.